The number of carbonyl (C=O) groups is 2. The molecule has 3 heterocycles. The van der Waals surface area contributed by atoms with Crippen LogP contribution in [-0.2, 0) is 4.74 Å². The predicted octanol–water partition coefficient (Wildman–Crippen LogP) is 4.52. The number of piperazine rings is 1. The van der Waals surface area contributed by atoms with Crippen LogP contribution in [0.5, 0.6) is 11.5 Å². The third-order valence-electron chi connectivity index (χ3n) is 5.78. The number of nitrogens with one attached hydrogen (secondary N) is 1. The van der Waals surface area contributed by atoms with Crippen LogP contribution >= 0.6 is 11.6 Å². The fraction of sp³-hybridized carbons (Fsp3) is 0.480. The fourth-order valence-corrected chi connectivity index (χ4v) is 4.53. The maximum absolute atomic E-state index is 14.7. The number of fused-ring (bicyclic) bond motifs is 2. The molecule has 36 heavy (non-hydrogen) atoms. The van der Waals surface area contributed by atoms with Gasteiger partial charge in [-0.05, 0) is 46.8 Å². The van der Waals surface area contributed by atoms with Crippen LogP contribution in [0.4, 0.5) is 15.0 Å². The van der Waals surface area contributed by atoms with Crippen molar-refractivity contribution >= 4 is 29.4 Å². The van der Waals surface area contributed by atoms with Crippen LogP contribution in [-0.4, -0.2) is 75.8 Å². The zero-order valence-electron chi connectivity index (χ0n) is 20.9. The molecule has 194 valence electrons. The van der Waals surface area contributed by atoms with Gasteiger partial charge in [-0.25, -0.2) is 14.2 Å². The Labute approximate surface area is 214 Å². The van der Waals surface area contributed by atoms with Gasteiger partial charge in [0.15, 0.2) is 5.75 Å². The molecule has 0 unspecified atom stereocenters. The van der Waals surface area contributed by atoms with Crippen molar-refractivity contribution in [3.05, 3.63) is 34.6 Å². The number of hydrogen-bond acceptors (Lipinski definition) is 7. The van der Waals surface area contributed by atoms with Gasteiger partial charge in [0.2, 0.25) is 0 Å². The largest absolute Gasteiger partial charge is 0.507 e. The summed E-state index contributed by atoms with van der Waals surface area (Å²) >= 11 is 6.65. The minimum Gasteiger partial charge on any atom is -0.507 e. The van der Waals surface area contributed by atoms with E-state index in [0.29, 0.717) is 6.54 Å². The van der Waals surface area contributed by atoms with Gasteiger partial charge in [-0.2, -0.15) is 0 Å². The number of nitrogens with zero attached hydrogens (tertiary/aromatic N) is 3. The van der Waals surface area contributed by atoms with Gasteiger partial charge in [0, 0.05) is 25.7 Å². The highest BCUT2D eigenvalue weighted by Crippen LogP contribution is 2.45. The number of benzene rings is 1. The number of phenols is 1. The SMILES string of the molecule is CC(C)Nc1nc(-c2c(O)cccc2F)c(Cl)c2c1C(=O)N1CCN(C(=O)OC(C)(C)C)C[C@@H]1CO2. The lowest BCUT2D eigenvalue weighted by Crippen LogP contribution is -2.58. The topological polar surface area (TPSA) is 104 Å². The van der Waals surface area contributed by atoms with E-state index in [0.717, 1.165) is 0 Å². The van der Waals surface area contributed by atoms with Gasteiger partial charge in [0.1, 0.15) is 45.9 Å². The molecule has 2 N–H and O–H groups in total. The molecular formula is C25H30ClFN4O5. The van der Waals surface area contributed by atoms with Crippen LogP contribution < -0.4 is 10.1 Å². The van der Waals surface area contributed by atoms with Crippen molar-refractivity contribution in [1.82, 2.24) is 14.8 Å². The second-order valence-electron chi connectivity index (χ2n) is 10.1. The van der Waals surface area contributed by atoms with E-state index in [4.69, 9.17) is 21.1 Å². The molecule has 2 amide bonds. The summed E-state index contributed by atoms with van der Waals surface area (Å²) in [6.07, 6.45) is -0.462. The van der Waals surface area contributed by atoms with Crippen molar-refractivity contribution in [2.24, 2.45) is 0 Å². The molecule has 0 saturated carbocycles. The number of carbonyl (C=O) groups excluding carboxylic acids is 2. The van der Waals surface area contributed by atoms with Crippen molar-refractivity contribution in [3.8, 4) is 22.8 Å². The number of halogens is 2. The third kappa shape index (κ3) is 5.00. The quantitative estimate of drug-likeness (QED) is 0.613. The zero-order valence-corrected chi connectivity index (χ0v) is 21.6. The predicted molar refractivity (Wildman–Crippen MR) is 133 cm³/mol. The van der Waals surface area contributed by atoms with E-state index < -0.39 is 23.6 Å². The molecule has 2 aliphatic heterocycles. The molecule has 4 rings (SSSR count). The number of pyridine rings is 1. The first-order valence-corrected chi connectivity index (χ1v) is 12.1. The van der Waals surface area contributed by atoms with E-state index in [1.54, 1.807) is 30.6 Å². The second-order valence-corrected chi connectivity index (χ2v) is 10.5. The molecule has 1 saturated heterocycles. The average Bonchev–Trinajstić information content (AvgIpc) is 2.91. The first-order chi connectivity index (χ1) is 16.9. The molecular weight excluding hydrogens is 491 g/mol. The highest BCUT2D eigenvalue weighted by molar-refractivity contribution is 6.35. The van der Waals surface area contributed by atoms with Crippen molar-refractivity contribution in [1.29, 1.82) is 0 Å². The van der Waals surface area contributed by atoms with E-state index in [1.165, 1.54) is 18.2 Å². The molecule has 0 bridgehead atoms. The Morgan fingerprint density at radius 1 is 1.31 bits per heavy atom. The van der Waals surface area contributed by atoms with E-state index in [9.17, 15) is 19.1 Å². The van der Waals surface area contributed by atoms with Crippen LogP contribution in [0.15, 0.2) is 18.2 Å². The first-order valence-electron chi connectivity index (χ1n) is 11.8. The van der Waals surface area contributed by atoms with Gasteiger partial charge in [-0.1, -0.05) is 17.7 Å². The van der Waals surface area contributed by atoms with Crippen LogP contribution in [0, 0.1) is 5.82 Å². The number of phenolic OH excluding ortho intramolecular Hbond substituents is 1. The monoisotopic (exact) mass is 520 g/mol. The molecule has 2 aliphatic rings. The van der Waals surface area contributed by atoms with E-state index in [-0.39, 0.29) is 70.8 Å². The molecule has 2 aromatic rings. The van der Waals surface area contributed by atoms with Gasteiger partial charge in [0.25, 0.3) is 5.91 Å². The maximum atomic E-state index is 14.7. The summed E-state index contributed by atoms with van der Waals surface area (Å²) in [5.41, 5.74) is -0.754. The van der Waals surface area contributed by atoms with E-state index >= 15 is 0 Å². The number of amides is 2. The summed E-state index contributed by atoms with van der Waals surface area (Å²) < 4.78 is 26.3. The van der Waals surface area contributed by atoms with Crippen LogP contribution in [0.25, 0.3) is 11.3 Å². The number of hydrogen-bond donors (Lipinski definition) is 2. The summed E-state index contributed by atoms with van der Waals surface area (Å²) in [7, 11) is 0. The van der Waals surface area contributed by atoms with Crippen molar-refractivity contribution in [2.45, 2.75) is 52.3 Å². The van der Waals surface area contributed by atoms with Gasteiger partial charge in [0.05, 0.1) is 11.6 Å². The first kappa shape index (κ1) is 25.8. The van der Waals surface area contributed by atoms with Gasteiger partial charge in [-0.3, -0.25) is 4.79 Å². The highest BCUT2D eigenvalue weighted by atomic mass is 35.5. The van der Waals surface area contributed by atoms with Crippen LogP contribution in [0.3, 0.4) is 0 Å². The minimum atomic E-state index is -0.717. The van der Waals surface area contributed by atoms with Gasteiger partial charge >= 0.3 is 6.09 Å². The lowest BCUT2D eigenvalue weighted by molar-refractivity contribution is 0.000957. The minimum absolute atomic E-state index is 0.0442. The molecule has 9 nitrogen and oxygen atoms in total. The van der Waals surface area contributed by atoms with Gasteiger partial charge < -0.3 is 29.7 Å². The molecule has 0 aliphatic carbocycles. The van der Waals surface area contributed by atoms with Crippen molar-refractivity contribution < 1.29 is 28.6 Å². The standard InChI is InChI=1S/C25H30ClFN4O5/c1-13(2)28-22-18-21(19(26)20(29-22)17-15(27)7-6-8-16(17)32)35-12-14-11-30(9-10-31(14)23(18)33)24(34)36-25(3,4)5/h6-8,13-14,32H,9-12H2,1-5H3,(H,28,29)/t14-/m1/s1. The zero-order chi connectivity index (χ0) is 26.4. The summed E-state index contributed by atoms with van der Waals surface area (Å²) in [6, 6.07) is 3.30. The lowest BCUT2D eigenvalue weighted by atomic mass is 10.1. The Kier molecular flexibility index (Phi) is 6.92. The summed E-state index contributed by atoms with van der Waals surface area (Å²) in [5, 5.41) is 13.4. The Morgan fingerprint density at radius 3 is 2.67 bits per heavy atom. The number of aromatic hydroxyl groups is 1. The second kappa shape index (κ2) is 9.65. The lowest BCUT2D eigenvalue weighted by Gasteiger charge is -2.40. The Morgan fingerprint density at radius 2 is 2.03 bits per heavy atom. The Balaban J connectivity index is 1.75. The number of aromatic nitrogens is 1. The van der Waals surface area contributed by atoms with Crippen LogP contribution in [0.1, 0.15) is 45.0 Å². The Bertz CT molecular complexity index is 1180. The molecule has 1 aromatic heterocycles. The maximum Gasteiger partial charge on any atom is 0.410 e. The molecule has 11 heteroatoms. The molecule has 1 aromatic carbocycles. The van der Waals surface area contributed by atoms with Crippen molar-refractivity contribution in [2.75, 3.05) is 31.6 Å². The van der Waals surface area contributed by atoms with E-state index in [1.807, 2.05) is 13.8 Å². The number of anilines is 1. The van der Waals surface area contributed by atoms with Crippen molar-refractivity contribution in [3.63, 3.8) is 0 Å². The number of rotatable bonds is 3. The van der Waals surface area contributed by atoms with Crippen LogP contribution in [0.2, 0.25) is 5.02 Å². The smallest absolute Gasteiger partial charge is 0.410 e. The highest BCUT2D eigenvalue weighted by Gasteiger charge is 2.41. The molecule has 1 atom stereocenters. The molecule has 0 spiro atoms. The molecule has 1 fully saturated rings. The third-order valence-corrected chi connectivity index (χ3v) is 6.13. The normalized spacial score (nSPS) is 17.8. The molecule has 0 radical (unpaired) electrons. The summed E-state index contributed by atoms with van der Waals surface area (Å²) in [6.45, 7) is 9.93. The summed E-state index contributed by atoms with van der Waals surface area (Å²) in [5.74, 6) is -1.20. The fourth-order valence-electron chi connectivity index (χ4n) is 4.25. The Hall–Kier alpha value is -3.27. The van der Waals surface area contributed by atoms with Gasteiger partial charge in [-0.15, -0.1) is 0 Å². The number of ether oxygens (including phenoxy) is 2. The van der Waals surface area contributed by atoms with E-state index in [2.05, 4.69) is 10.3 Å². The average molecular weight is 521 g/mol. The summed E-state index contributed by atoms with van der Waals surface area (Å²) in [4.78, 5) is 34.1.